The highest BCUT2D eigenvalue weighted by Crippen LogP contribution is 2.23. The summed E-state index contributed by atoms with van der Waals surface area (Å²) in [5.41, 5.74) is 1.08. The normalized spacial score (nSPS) is 24.8. The Balaban J connectivity index is 1.39. The van der Waals surface area contributed by atoms with E-state index in [-0.39, 0.29) is 6.10 Å². The average molecular weight is 385 g/mol. The van der Waals surface area contributed by atoms with E-state index in [0.29, 0.717) is 6.04 Å². The van der Waals surface area contributed by atoms with Gasteiger partial charge in [-0.1, -0.05) is 12.8 Å². The van der Waals surface area contributed by atoms with E-state index in [4.69, 9.17) is 4.74 Å². The lowest BCUT2D eigenvalue weighted by Gasteiger charge is -2.41. The van der Waals surface area contributed by atoms with Crippen LogP contribution in [0.2, 0.25) is 0 Å². The van der Waals surface area contributed by atoms with E-state index in [0.717, 1.165) is 56.4 Å². The first-order valence-corrected chi connectivity index (χ1v) is 10.6. The molecule has 6 heteroatoms. The van der Waals surface area contributed by atoms with Crippen molar-refractivity contribution in [3.8, 4) is 11.4 Å². The molecule has 2 aromatic rings. The summed E-state index contributed by atoms with van der Waals surface area (Å²) in [5.74, 6) is 1.86. The monoisotopic (exact) mass is 384 g/mol. The summed E-state index contributed by atoms with van der Waals surface area (Å²) < 4.78 is 7.37. The van der Waals surface area contributed by atoms with Crippen LogP contribution >= 0.6 is 0 Å². The maximum atomic E-state index is 10.8. The van der Waals surface area contributed by atoms with Crippen molar-refractivity contribution in [3.63, 3.8) is 0 Å². The molecule has 2 fully saturated rings. The Kier molecular flexibility index (Phi) is 6.29. The van der Waals surface area contributed by atoms with Gasteiger partial charge in [-0.2, -0.15) is 0 Å². The maximum Gasteiger partial charge on any atom is 0.127 e. The van der Waals surface area contributed by atoms with Crippen LogP contribution in [0.5, 0.6) is 5.75 Å². The highest BCUT2D eigenvalue weighted by molar-refractivity contribution is 5.38. The molecule has 152 valence electrons. The van der Waals surface area contributed by atoms with Crippen LogP contribution in [0.15, 0.2) is 36.7 Å². The molecule has 0 amide bonds. The van der Waals surface area contributed by atoms with Crippen LogP contribution in [-0.4, -0.2) is 69.9 Å². The quantitative estimate of drug-likeness (QED) is 0.859. The van der Waals surface area contributed by atoms with E-state index in [1.54, 1.807) is 7.11 Å². The molecule has 1 aromatic carbocycles. The number of aliphatic hydroxyl groups excluding tert-OH is 1. The zero-order chi connectivity index (χ0) is 19.3. The third-order valence-electron chi connectivity index (χ3n) is 6.17. The number of hydrogen-bond donors (Lipinski definition) is 1. The van der Waals surface area contributed by atoms with Gasteiger partial charge < -0.3 is 14.4 Å². The number of benzene rings is 1. The van der Waals surface area contributed by atoms with E-state index in [2.05, 4.69) is 19.4 Å². The van der Waals surface area contributed by atoms with E-state index in [1.807, 2.05) is 36.7 Å². The van der Waals surface area contributed by atoms with Gasteiger partial charge in [-0.05, 0) is 56.6 Å². The van der Waals surface area contributed by atoms with Crippen molar-refractivity contribution in [1.29, 1.82) is 0 Å². The first-order chi connectivity index (χ1) is 13.7. The number of nitrogens with zero attached hydrogens (tertiary/aromatic N) is 4. The predicted octanol–water partition coefficient (Wildman–Crippen LogP) is 2.69. The zero-order valence-electron chi connectivity index (χ0n) is 16.8. The molecule has 0 spiro atoms. The van der Waals surface area contributed by atoms with Gasteiger partial charge >= 0.3 is 0 Å². The maximum absolute atomic E-state index is 10.8. The lowest BCUT2D eigenvalue weighted by Crippen LogP contribution is -2.54. The third kappa shape index (κ3) is 4.40. The van der Waals surface area contributed by atoms with Crippen molar-refractivity contribution in [2.75, 3.05) is 33.3 Å². The van der Waals surface area contributed by atoms with E-state index < -0.39 is 0 Å². The largest absolute Gasteiger partial charge is 0.497 e. The van der Waals surface area contributed by atoms with E-state index >= 15 is 0 Å². The van der Waals surface area contributed by atoms with Crippen LogP contribution in [0.3, 0.4) is 0 Å². The second kappa shape index (κ2) is 9.07. The third-order valence-corrected chi connectivity index (χ3v) is 6.17. The number of piperidine rings is 1. The molecule has 1 N–H and O–H groups in total. The van der Waals surface area contributed by atoms with Crippen molar-refractivity contribution < 1.29 is 9.84 Å². The molecule has 2 atom stereocenters. The van der Waals surface area contributed by atoms with E-state index in [9.17, 15) is 5.11 Å². The summed E-state index contributed by atoms with van der Waals surface area (Å²) in [5, 5.41) is 10.8. The molecule has 2 aliphatic heterocycles. The Bertz CT molecular complexity index is 737. The molecule has 1 aromatic heterocycles. The van der Waals surface area contributed by atoms with Crippen LogP contribution in [0.1, 0.15) is 37.9 Å². The average Bonchev–Trinajstić information content (AvgIpc) is 3.00. The highest BCUT2D eigenvalue weighted by Gasteiger charge is 2.32. The summed E-state index contributed by atoms with van der Waals surface area (Å²) in [4.78, 5) is 9.44. The number of hydrogen-bond acceptors (Lipinski definition) is 5. The molecule has 0 unspecified atom stereocenters. The van der Waals surface area contributed by atoms with Crippen molar-refractivity contribution in [2.45, 2.75) is 50.8 Å². The lowest BCUT2D eigenvalue weighted by atomic mass is 9.99. The topological polar surface area (TPSA) is 53.8 Å². The van der Waals surface area contributed by atoms with Gasteiger partial charge in [0.2, 0.25) is 0 Å². The first-order valence-electron chi connectivity index (χ1n) is 10.6. The molecule has 28 heavy (non-hydrogen) atoms. The van der Waals surface area contributed by atoms with Gasteiger partial charge in [0.25, 0.3) is 0 Å². The van der Waals surface area contributed by atoms with Crippen LogP contribution in [0.4, 0.5) is 0 Å². The number of β-amino-alcohol motifs (C(OH)–C–C–N with tert-alkyl or cyclic N) is 1. The number of methoxy groups -OCH3 is 1. The molecule has 0 bridgehead atoms. The van der Waals surface area contributed by atoms with Gasteiger partial charge in [-0.3, -0.25) is 9.80 Å². The highest BCUT2D eigenvalue weighted by atomic mass is 16.5. The van der Waals surface area contributed by atoms with Crippen molar-refractivity contribution in [2.24, 2.45) is 0 Å². The van der Waals surface area contributed by atoms with E-state index in [1.165, 1.54) is 25.7 Å². The number of likely N-dealkylation sites (tertiary alicyclic amines) is 2. The fourth-order valence-electron chi connectivity index (χ4n) is 4.61. The van der Waals surface area contributed by atoms with Gasteiger partial charge in [0.1, 0.15) is 11.6 Å². The fourth-order valence-corrected chi connectivity index (χ4v) is 4.61. The number of imidazole rings is 1. The second-order valence-corrected chi connectivity index (χ2v) is 8.02. The first kappa shape index (κ1) is 19.4. The van der Waals surface area contributed by atoms with Crippen LogP contribution in [0.25, 0.3) is 5.69 Å². The Morgan fingerprint density at radius 3 is 2.50 bits per heavy atom. The van der Waals surface area contributed by atoms with Crippen molar-refractivity contribution >= 4 is 0 Å². The molecule has 0 radical (unpaired) electrons. The molecular weight excluding hydrogens is 352 g/mol. The minimum atomic E-state index is -0.281. The molecule has 2 aliphatic rings. The van der Waals surface area contributed by atoms with Crippen molar-refractivity contribution in [3.05, 3.63) is 42.5 Å². The summed E-state index contributed by atoms with van der Waals surface area (Å²) >= 11 is 0. The molecule has 0 saturated carbocycles. The molecule has 2 saturated heterocycles. The summed E-state index contributed by atoms with van der Waals surface area (Å²) in [6.07, 6.45) is 9.80. The number of aliphatic hydroxyl groups is 1. The van der Waals surface area contributed by atoms with Crippen molar-refractivity contribution in [1.82, 2.24) is 19.4 Å². The van der Waals surface area contributed by atoms with Crippen LogP contribution in [-0.2, 0) is 6.54 Å². The summed E-state index contributed by atoms with van der Waals surface area (Å²) in [6, 6.07) is 8.34. The minimum absolute atomic E-state index is 0.281. The molecule has 0 aliphatic carbocycles. The Labute approximate surface area is 167 Å². The SMILES string of the molecule is COc1ccc(-n2ccnc2CN2CC[C@@H](N3CCCCCC3)[C@H](O)C2)cc1. The summed E-state index contributed by atoms with van der Waals surface area (Å²) in [6.45, 7) is 4.76. The summed E-state index contributed by atoms with van der Waals surface area (Å²) in [7, 11) is 1.68. The zero-order valence-corrected chi connectivity index (χ0v) is 16.8. The Morgan fingerprint density at radius 2 is 1.82 bits per heavy atom. The van der Waals surface area contributed by atoms with Crippen LogP contribution < -0.4 is 4.74 Å². The minimum Gasteiger partial charge on any atom is -0.497 e. The number of aromatic nitrogens is 2. The van der Waals surface area contributed by atoms with Gasteiger partial charge in [0.15, 0.2) is 0 Å². The van der Waals surface area contributed by atoms with Gasteiger partial charge in [-0.15, -0.1) is 0 Å². The molecular formula is C22H32N4O2. The van der Waals surface area contributed by atoms with Crippen LogP contribution in [0, 0.1) is 0 Å². The molecule has 6 nitrogen and oxygen atoms in total. The Morgan fingerprint density at radius 1 is 1.07 bits per heavy atom. The second-order valence-electron chi connectivity index (χ2n) is 8.02. The predicted molar refractivity (Wildman–Crippen MR) is 110 cm³/mol. The smallest absolute Gasteiger partial charge is 0.127 e. The van der Waals surface area contributed by atoms with Gasteiger partial charge in [0, 0.05) is 37.2 Å². The number of ether oxygens (including phenoxy) is 1. The lowest BCUT2D eigenvalue weighted by molar-refractivity contribution is -0.0151. The number of rotatable bonds is 5. The fraction of sp³-hybridized carbons (Fsp3) is 0.591. The molecule has 4 rings (SSSR count). The standard InChI is InChI=1S/C22H32N4O2/c1-28-19-8-6-18(7-9-19)26-15-11-23-22(26)17-24-14-10-20(21(27)16-24)25-12-4-2-3-5-13-25/h6-9,11,15,20-21,27H,2-5,10,12-14,16-17H2,1H3/t20-,21-/m1/s1. The Hall–Kier alpha value is -1.89. The molecule has 3 heterocycles. The van der Waals surface area contributed by atoms with Gasteiger partial charge in [-0.25, -0.2) is 4.98 Å². The van der Waals surface area contributed by atoms with Gasteiger partial charge in [0.05, 0.1) is 19.8 Å².